The molecule has 3 atom stereocenters. The molecule has 1 fully saturated rings. The lowest BCUT2D eigenvalue weighted by Gasteiger charge is -2.25. The van der Waals surface area contributed by atoms with Gasteiger partial charge in [0, 0.05) is 5.92 Å². The Balaban J connectivity index is 0.00000320. The summed E-state index contributed by atoms with van der Waals surface area (Å²) in [5.41, 5.74) is 9.34. The lowest BCUT2D eigenvalue weighted by atomic mass is 9.92. The minimum Gasteiger partial charge on any atom is -0.493 e. The smallest absolute Gasteiger partial charge is 0.223 e. The molecule has 1 unspecified atom stereocenters. The highest BCUT2D eigenvalue weighted by molar-refractivity contribution is 5.85. The van der Waals surface area contributed by atoms with Crippen LogP contribution in [0.5, 0.6) is 11.5 Å². The molecule has 0 saturated heterocycles. The zero-order valence-corrected chi connectivity index (χ0v) is 18.8. The molecular weight excluding hydrogens is 400 g/mol. The van der Waals surface area contributed by atoms with Crippen molar-refractivity contribution in [2.75, 3.05) is 20.8 Å². The molecule has 2 aromatic carbocycles. The van der Waals surface area contributed by atoms with Gasteiger partial charge in [-0.05, 0) is 67.5 Å². The second kappa shape index (κ2) is 11.2. The van der Waals surface area contributed by atoms with E-state index in [0.717, 1.165) is 24.8 Å². The molecule has 0 heterocycles. The molecule has 1 saturated carbocycles. The van der Waals surface area contributed by atoms with E-state index in [4.69, 9.17) is 15.2 Å². The highest BCUT2D eigenvalue weighted by Crippen LogP contribution is 2.34. The van der Waals surface area contributed by atoms with Crippen molar-refractivity contribution < 1.29 is 14.3 Å². The van der Waals surface area contributed by atoms with Gasteiger partial charge in [-0.25, -0.2) is 0 Å². The fourth-order valence-electron chi connectivity index (χ4n) is 4.32. The average Bonchev–Trinajstić information content (AvgIpc) is 3.23. The quantitative estimate of drug-likeness (QED) is 0.655. The van der Waals surface area contributed by atoms with Crippen LogP contribution in [0.3, 0.4) is 0 Å². The van der Waals surface area contributed by atoms with Gasteiger partial charge < -0.3 is 20.5 Å². The number of amides is 1. The highest BCUT2D eigenvalue weighted by atomic mass is 35.5. The van der Waals surface area contributed by atoms with Crippen molar-refractivity contribution in [3.63, 3.8) is 0 Å². The number of nitrogens with one attached hydrogen (secondary N) is 1. The zero-order valence-electron chi connectivity index (χ0n) is 18.0. The van der Waals surface area contributed by atoms with Gasteiger partial charge >= 0.3 is 0 Å². The van der Waals surface area contributed by atoms with Crippen LogP contribution in [0.15, 0.2) is 42.5 Å². The topological polar surface area (TPSA) is 73.6 Å². The van der Waals surface area contributed by atoms with E-state index in [0.29, 0.717) is 24.5 Å². The monoisotopic (exact) mass is 432 g/mol. The van der Waals surface area contributed by atoms with Gasteiger partial charge in [0.2, 0.25) is 5.91 Å². The highest BCUT2D eigenvalue weighted by Gasteiger charge is 2.33. The Labute approximate surface area is 185 Å². The molecule has 0 spiro atoms. The van der Waals surface area contributed by atoms with E-state index < -0.39 is 0 Å². The fraction of sp³-hybridized carbons (Fsp3) is 0.458. The Morgan fingerprint density at radius 3 is 2.53 bits per heavy atom. The van der Waals surface area contributed by atoms with Crippen molar-refractivity contribution in [1.82, 2.24) is 5.32 Å². The first-order valence-corrected chi connectivity index (χ1v) is 10.3. The largest absolute Gasteiger partial charge is 0.493 e. The Morgan fingerprint density at radius 1 is 1.13 bits per heavy atom. The molecule has 0 bridgehead atoms. The Hall–Kier alpha value is -2.24. The molecule has 0 radical (unpaired) electrons. The maximum atomic E-state index is 13.1. The van der Waals surface area contributed by atoms with Crippen molar-refractivity contribution in [1.29, 1.82) is 0 Å². The van der Waals surface area contributed by atoms with Crippen LogP contribution in [0, 0.1) is 18.8 Å². The average molecular weight is 433 g/mol. The normalized spacial score (nSPS) is 18.9. The lowest BCUT2D eigenvalue weighted by Crippen LogP contribution is -2.38. The minimum atomic E-state index is -0.151. The van der Waals surface area contributed by atoms with Crippen LogP contribution in [-0.2, 0) is 11.2 Å². The molecule has 1 aliphatic rings. The summed E-state index contributed by atoms with van der Waals surface area (Å²) in [7, 11) is 3.25. The number of aryl methyl sites for hydroxylation is 1. The van der Waals surface area contributed by atoms with Crippen LogP contribution >= 0.6 is 12.4 Å². The zero-order chi connectivity index (χ0) is 20.8. The third kappa shape index (κ3) is 5.46. The third-order valence-electron chi connectivity index (χ3n) is 6.11. The van der Waals surface area contributed by atoms with Crippen LogP contribution in [-0.4, -0.2) is 26.7 Å². The molecule has 3 N–H and O–H groups in total. The number of carbonyl (C=O) groups excluding carboxylic acids is 1. The summed E-state index contributed by atoms with van der Waals surface area (Å²) in [5, 5.41) is 3.31. The number of methoxy groups -OCH3 is 2. The molecule has 1 aliphatic carbocycles. The standard InChI is InChI=1S/C24H32N2O3.ClH/c1-16-7-4-5-8-17(16)13-21(18-11-12-22(28-2)23(14-18)29-3)26-24(27)20-10-6-9-19(20)15-25;/h4-5,7-8,11-12,14,19-21H,6,9-10,13,15,25H2,1-3H3,(H,26,27);1H/t19-,20-,21?;/m1./s1. The molecule has 164 valence electrons. The number of carbonyl (C=O) groups is 1. The van der Waals surface area contributed by atoms with Gasteiger partial charge in [-0.15, -0.1) is 12.4 Å². The van der Waals surface area contributed by atoms with Crippen LogP contribution in [0.4, 0.5) is 0 Å². The van der Waals surface area contributed by atoms with Crippen molar-refractivity contribution in [2.24, 2.45) is 17.6 Å². The second-order valence-corrected chi connectivity index (χ2v) is 7.84. The summed E-state index contributed by atoms with van der Waals surface area (Å²) in [6.07, 6.45) is 3.73. The summed E-state index contributed by atoms with van der Waals surface area (Å²) in [5.74, 6) is 1.72. The lowest BCUT2D eigenvalue weighted by molar-refractivity contribution is -0.126. The molecule has 6 heteroatoms. The fourth-order valence-corrected chi connectivity index (χ4v) is 4.32. The van der Waals surface area contributed by atoms with Gasteiger partial charge in [-0.2, -0.15) is 0 Å². The summed E-state index contributed by atoms with van der Waals surface area (Å²) >= 11 is 0. The number of hydrogen-bond acceptors (Lipinski definition) is 4. The molecular formula is C24H33ClN2O3. The molecule has 0 aliphatic heterocycles. The maximum absolute atomic E-state index is 13.1. The number of ether oxygens (including phenoxy) is 2. The summed E-state index contributed by atoms with van der Waals surface area (Å²) in [6.45, 7) is 2.67. The van der Waals surface area contributed by atoms with Gasteiger partial charge in [0.1, 0.15) is 0 Å². The molecule has 2 aromatic rings. The molecule has 3 rings (SSSR count). The molecule has 0 aromatic heterocycles. The van der Waals surface area contributed by atoms with E-state index in [9.17, 15) is 4.79 Å². The Kier molecular flexibility index (Phi) is 9.00. The molecule has 5 nitrogen and oxygen atoms in total. The number of nitrogens with two attached hydrogens (primary N) is 1. The maximum Gasteiger partial charge on any atom is 0.223 e. The van der Waals surface area contributed by atoms with E-state index in [2.05, 4.69) is 24.4 Å². The third-order valence-corrected chi connectivity index (χ3v) is 6.11. The number of hydrogen-bond donors (Lipinski definition) is 2. The minimum absolute atomic E-state index is 0. The van der Waals surface area contributed by atoms with E-state index in [1.165, 1.54) is 11.1 Å². The van der Waals surface area contributed by atoms with Crippen molar-refractivity contribution in [3.05, 3.63) is 59.2 Å². The van der Waals surface area contributed by atoms with Crippen LogP contribution in [0.2, 0.25) is 0 Å². The van der Waals surface area contributed by atoms with E-state index in [1.807, 2.05) is 30.3 Å². The van der Waals surface area contributed by atoms with Gasteiger partial charge in [0.05, 0.1) is 20.3 Å². The predicted octanol–water partition coefficient (Wildman–Crippen LogP) is 4.21. The molecule has 1 amide bonds. The SMILES string of the molecule is COc1ccc(C(Cc2ccccc2C)NC(=O)[C@@H]2CCC[C@@H]2CN)cc1OC.Cl. The van der Waals surface area contributed by atoms with E-state index in [-0.39, 0.29) is 36.2 Å². The molecule has 30 heavy (non-hydrogen) atoms. The van der Waals surface area contributed by atoms with Gasteiger partial charge in [-0.1, -0.05) is 36.8 Å². The van der Waals surface area contributed by atoms with Crippen molar-refractivity contribution >= 4 is 18.3 Å². The second-order valence-electron chi connectivity index (χ2n) is 7.84. The predicted molar refractivity (Wildman–Crippen MR) is 122 cm³/mol. The van der Waals surface area contributed by atoms with Gasteiger partial charge in [0.15, 0.2) is 11.5 Å². The number of benzene rings is 2. The van der Waals surface area contributed by atoms with Crippen LogP contribution < -0.4 is 20.5 Å². The first-order chi connectivity index (χ1) is 14.1. The van der Waals surface area contributed by atoms with Crippen molar-refractivity contribution in [3.8, 4) is 11.5 Å². The summed E-state index contributed by atoms with van der Waals surface area (Å²) < 4.78 is 10.9. The van der Waals surface area contributed by atoms with E-state index >= 15 is 0 Å². The van der Waals surface area contributed by atoms with E-state index in [1.54, 1.807) is 14.2 Å². The van der Waals surface area contributed by atoms with Gasteiger partial charge in [0.25, 0.3) is 0 Å². The van der Waals surface area contributed by atoms with Crippen LogP contribution in [0.1, 0.15) is 42.0 Å². The first kappa shape index (κ1) is 24.0. The van der Waals surface area contributed by atoms with Gasteiger partial charge in [-0.3, -0.25) is 4.79 Å². The Morgan fingerprint density at radius 2 is 1.87 bits per heavy atom. The van der Waals surface area contributed by atoms with Crippen LogP contribution in [0.25, 0.3) is 0 Å². The summed E-state index contributed by atoms with van der Waals surface area (Å²) in [6, 6.07) is 14.0. The Bertz CT molecular complexity index is 843. The number of rotatable bonds is 8. The van der Waals surface area contributed by atoms with Crippen molar-refractivity contribution in [2.45, 2.75) is 38.6 Å². The number of halogens is 1. The first-order valence-electron chi connectivity index (χ1n) is 10.3. The summed E-state index contributed by atoms with van der Waals surface area (Å²) in [4.78, 5) is 13.1.